The lowest BCUT2D eigenvalue weighted by atomic mass is 9.80. The molecular formula is C37H32ClN3O10. The van der Waals surface area contributed by atoms with Gasteiger partial charge in [-0.2, -0.15) is 0 Å². The van der Waals surface area contributed by atoms with Crippen LogP contribution in [0.3, 0.4) is 0 Å². The van der Waals surface area contributed by atoms with Crippen LogP contribution in [0.1, 0.15) is 73.7 Å². The van der Waals surface area contributed by atoms with Crippen LogP contribution in [-0.4, -0.2) is 82.8 Å². The molecule has 0 radical (unpaired) electrons. The highest BCUT2D eigenvalue weighted by molar-refractivity contribution is 6.31. The van der Waals surface area contributed by atoms with Crippen LogP contribution >= 0.6 is 11.6 Å². The van der Waals surface area contributed by atoms with Gasteiger partial charge in [0, 0.05) is 5.02 Å². The number of halogens is 1. The summed E-state index contributed by atoms with van der Waals surface area (Å²) in [5.41, 5.74) is 0.719. The molecule has 4 amide bonds. The molecule has 3 aromatic carbocycles. The van der Waals surface area contributed by atoms with Crippen molar-refractivity contribution in [3.63, 3.8) is 0 Å². The van der Waals surface area contributed by atoms with E-state index in [1.807, 2.05) is 0 Å². The van der Waals surface area contributed by atoms with E-state index in [4.69, 9.17) is 25.8 Å². The number of aliphatic carboxylic acids is 1. The molecule has 0 saturated carbocycles. The number of esters is 1. The van der Waals surface area contributed by atoms with Crippen LogP contribution in [0.25, 0.3) is 0 Å². The summed E-state index contributed by atoms with van der Waals surface area (Å²) < 4.78 is 17.4. The van der Waals surface area contributed by atoms with Crippen molar-refractivity contribution < 1.29 is 48.1 Å². The molecule has 3 aliphatic rings. The van der Waals surface area contributed by atoms with Crippen LogP contribution in [0, 0.1) is 0 Å². The Balaban J connectivity index is 1.35. The van der Waals surface area contributed by atoms with Gasteiger partial charge in [-0.25, -0.2) is 19.4 Å². The van der Waals surface area contributed by atoms with Gasteiger partial charge >= 0.3 is 11.9 Å². The van der Waals surface area contributed by atoms with Crippen molar-refractivity contribution >= 4 is 47.2 Å². The Labute approximate surface area is 297 Å². The standard InChI is InChI=1S/C37H32ClN3O10/c1-4-49-37(48)31-28(18-51-20(3)41-34(44)23-13-7-8-14-24(23)35(41)45)39-27(30(36(46)47)29(31)25-15-9-10-16-26(25)38)17-50-19(2)40-32(42)21-11-5-6-12-22(21)33(40)43/h5-16,19-20,29,39H,4,17-18H2,1-3H3,(H,46,47). The van der Waals surface area contributed by atoms with E-state index >= 15 is 0 Å². The third-order valence-electron chi connectivity index (χ3n) is 8.79. The van der Waals surface area contributed by atoms with E-state index in [9.17, 15) is 33.9 Å². The molecule has 3 unspecified atom stereocenters. The Kier molecular flexibility index (Phi) is 9.88. The number of amides is 4. The molecule has 0 aliphatic carbocycles. The number of carbonyl (C=O) groups is 6. The Morgan fingerprint density at radius 2 is 1.14 bits per heavy atom. The van der Waals surface area contributed by atoms with Crippen LogP contribution in [0.4, 0.5) is 0 Å². The van der Waals surface area contributed by atoms with Crippen LogP contribution in [0.15, 0.2) is 95.3 Å². The highest BCUT2D eigenvalue weighted by Gasteiger charge is 2.43. The summed E-state index contributed by atoms with van der Waals surface area (Å²) in [5.74, 6) is -5.84. The third kappa shape index (κ3) is 6.31. The van der Waals surface area contributed by atoms with Gasteiger partial charge in [0.05, 0.1) is 70.5 Å². The van der Waals surface area contributed by atoms with E-state index < -0.39 is 67.2 Å². The molecule has 0 saturated heterocycles. The van der Waals surface area contributed by atoms with Crippen LogP contribution in [0.2, 0.25) is 5.02 Å². The summed E-state index contributed by atoms with van der Waals surface area (Å²) in [5, 5.41) is 13.8. The van der Waals surface area contributed by atoms with Crippen LogP contribution in [-0.2, 0) is 23.8 Å². The summed E-state index contributed by atoms with van der Waals surface area (Å²) in [4.78, 5) is 81.2. The molecule has 0 bridgehead atoms. The average Bonchev–Trinajstić information content (AvgIpc) is 3.53. The maximum atomic E-state index is 13.7. The molecule has 0 fully saturated rings. The summed E-state index contributed by atoms with van der Waals surface area (Å²) in [6.45, 7) is 3.63. The fraction of sp³-hybridized carbons (Fsp3) is 0.243. The summed E-state index contributed by atoms with van der Waals surface area (Å²) in [6, 6.07) is 19.1. The van der Waals surface area contributed by atoms with E-state index in [1.54, 1.807) is 55.5 Å². The van der Waals surface area contributed by atoms with Crippen molar-refractivity contribution in [3.8, 4) is 0 Å². The lowest BCUT2D eigenvalue weighted by Gasteiger charge is -2.33. The quantitative estimate of drug-likeness (QED) is 0.200. The van der Waals surface area contributed by atoms with Gasteiger partial charge in [-0.15, -0.1) is 0 Å². The molecule has 6 rings (SSSR count). The number of benzene rings is 3. The molecule has 3 aliphatic heterocycles. The molecule has 51 heavy (non-hydrogen) atoms. The number of hydrogen-bond donors (Lipinski definition) is 2. The van der Waals surface area contributed by atoms with Crippen LogP contribution < -0.4 is 5.32 Å². The smallest absolute Gasteiger partial charge is 0.336 e. The highest BCUT2D eigenvalue weighted by atomic mass is 35.5. The summed E-state index contributed by atoms with van der Waals surface area (Å²) in [6.07, 6.45) is -2.25. The Bertz CT molecular complexity index is 1990. The van der Waals surface area contributed by atoms with Crippen LogP contribution in [0.5, 0.6) is 0 Å². The summed E-state index contributed by atoms with van der Waals surface area (Å²) in [7, 11) is 0. The van der Waals surface area contributed by atoms with Gasteiger partial charge in [0.15, 0.2) is 0 Å². The molecule has 0 aromatic heterocycles. The van der Waals surface area contributed by atoms with Gasteiger partial charge in [-0.3, -0.25) is 19.2 Å². The van der Waals surface area contributed by atoms with Crippen molar-refractivity contribution in [2.24, 2.45) is 0 Å². The highest BCUT2D eigenvalue weighted by Crippen LogP contribution is 2.42. The SMILES string of the molecule is CCOC(=O)C1=C(COC(C)N2C(=O)c3ccccc3C2=O)NC(COC(C)N2C(=O)c3ccccc3C2=O)=C(C(=O)O)C1c1ccccc1Cl. The first-order valence-corrected chi connectivity index (χ1v) is 16.4. The molecule has 3 aromatic rings. The van der Waals surface area contributed by atoms with Crippen molar-refractivity contribution in [3.05, 3.63) is 128 Å². The summed E-state index contributed by atoms with van der Waals surface area (Å²) >= 11 is 6.61. The molecule has 3 heterocycles. The molecule has 262 valence electrons. The van der Waals surface area contributed by atoms with E-state index in [2.05, 4.69) is 5.32 Å². The maximum Gasteiger partial charge on any atom is 0.336 e. The number of carboxylic acids is 1. The number of nitrogens with one attached hydrogen (secondary N) is 1. The maximum absolute atomic E-state index is 13.7. The fourth-order valence-electron chi connectivity index (χ4n) is 6.39. The number of carbonyl (C=O) groups excluding carboxylic acids is 5. The predicted molar refractivity (Wildman–Crippen MR) is 180 cm³/mol. The van der Waals surface area contributed by atoms with Gasteiger partial charge < -0.3 is 24.6 Å². The number of imide groups is 2. The molecule has 3 atom stereocenters. The topological polar surface area (TPSA) is 169 Å². The van der Waals surface area contributed by atoms with E-state index in [-0.39, 0.29) is 62.0 Å². The minimum Gasteiger partial charge on any atom is -0.478 e. The Morgan fingerprint density at radius 3 is 1.55 bits per heavy atom. The molecule has 0 spiro atoms. The zero-order valence-corrected chi connectivity index (χ0v) is 28.4. The van der Waals surface area contributed by atoms with Gasteiger partial charge in [0.25, 0.3) is 23.6 Å². The monoisotopic (exact) mass is 713 g/mol. The van der Waals surface area contributed by atoms with Crippen molar-refractivity contribution in [2.45, 2.75) is 39.1 Å². The lowest BCUT2D eigenvalue weighted by molar-refractivity contribution is -0.139. The number of ether oxygens (including phenoxy) is 3. The van der Waals surface area contributed by atoms with Gasteiger partial charge in [-0.05, 0) is 56.7 Å². The molecule has 2 N–H and O–H groups in total. The average molecular weight is 714 g/mol. The van der Waals surface area contributed by atoms with E-state index in [1.165, 1.54) is 38.1 Å². The number of fused-ring (bicyclic) bond motifs is 2. The van der Waals surface area contributed by atoms with Crippen molar-refractivity contribution in [1.82, 2.24) is 15.1 Å². The first-order valence-electron chi connectivity index (χ1n) is 16.0. The molecule has 14 heteroatoms. The second-order valence-electron chi connectivity index (χ2n) is 11.8. The zero-order chi connectivity index (χ0) is 36.6. The van der Waals surface area contributed by atoms with Crippen molar-refractivity contribution in [1.29, 1.82) is 0 Å². The van der Waals surface area contributed by atoms with E-state index in [0.717, 1.165) is 9.80 Å². The van der Waals surface area contributed by atoms with E-state index in [0.29, 0.717) is 0 Å². The normalized spacial score (nSPS) is 18.2. The molecule has 13 nitrogen and oxygen atoms in total. The fourth-order valence-corrected chi connectivity index (χ4v) is 6.64. The largest absolute Gasteiger partial charge is 0.478 e. The minimum atomic E-state index is -1.42. The zero-order valence-electron chi connectivity index (χ0n) is 27.7. The minimum absolute atomic E-state index is 0.0316. The van der Waals surface area contributed by atoms with Gasteiger partial charge in [0.2, 0.25) is 0 Å². The Hall–Kier alpha value is -5.63. The van der Waals surface area contributed by atoms with Crippen molar-refractivity contribution in [2.75, 3.05) is 19.8 Å². The number of carboxylic acid groups (broad SMARTS) is 1. The molecular weight excluding hydrogens is 682 g/mol. The number of nitrogens with zero attached hydrogens (tertiary/aromatic N) is 2. The second kappa shape index (κ2) is 14.3. The number of dihydropyridines is 1. The number of hydrogen-bond acceptors (Lipinski definition) is 10. The first-order chi connectivity index (χ1) is 24.5. The lowest BCUT2D eigenvalue weighted by Crippen LogP contribution is -2.43. The predicted octanol–water partition coefficient (Wildman–Crippen LogP) is 4.50. The third-order valence-corrected chi connectivity index (χ3v) is 9.13. The number of rotatable bonds is 12. The Morgan fingerprint density at radius 1 is 0.725 bits per heavy atom. The van der Waals surface area contributed by atoms with Gasteiger partial charge in [-0.1, -0.05) is 54.1 Å². The first kappa shape index (κ1) is 35.2. The van der Waals surface area contributed by atoms with Gasteiger partial charge in [0.1, 0.15) is 12.5 Å². The second-order valence-corrected chi connectivity index (χ2v) is 12.2.